The molecule has 0 radical (unpaired) electrons. The third-order valence-electron chi connectivity index (χ3n) is 4.57. The summed E-state index contributed by atoms with van der Waals surface area (Å²) >= 11 is 0. The molecule has 0 bridgehead atoms. The number of hydrogen-bond donors (Lipinski definition) is 2. The van der Waals surface area contributed by atoms with E-state index >= 15 is 0 Å². The van der Waals surface area contributed by atoms with Crippen molar-refractivity contribution in [3.05, 3.63) is 12.2 Å². The third-order valence-corrected chi connectivity index (χ3v) is 9.04. The van der Waals surface area contributed by atoms with E-state index in [-0.39, 0.29) is 11.0 Å². The second-order valence-electron chi connectivity index (χ2n) is 7.35. The summed E-state index contributed by atoms with van der Waals surface area (Å²) < 4.78 is 6.32. The van der Waals surface area contributed by atoms with Crippen LogP contribution < -0.4 is 0 Å². The van der Waals surface area contributed by atoms with Gasteiger partial charge in [0.2, 0.25) is 0 Å². The van der Waals surface area contributed by atoms with Crippen LogP contribution in [0.25, 0.3) is 0 Å². The van der Waals surface area contributed by atoms with E-state index in [1.54, 1.807) is 19.1 Å². The van der Waals surface area contributed by atoms with Crippen molar-refractivity contribution in [3.63, 3.8) is 0 Å². The molecule has 0 aliphatic rings. The van der Waals surface area contributed by atoms with Crippen molar-refractivity contribution < 1.29 is 19.4 Å². The van der Waals surface area contributed by atoms with Gasteiger partial charge in [0.25, 0.3) is 0 Å². The summed E-state index contributed by atoms with van der Waals surface area (Å²) in [6.07, 6.45) is 2.25. The maximum Gasteiger partial charge on any atom is 0.308 e. The minimum Gasteiger partial charge on any atom is -0.481 e. The molecule has 0 aliphatic heterocycles. The van der Waals surface area contributed by atoms with Crippen LogP contribution in [0.5, 0.6) is 0 Å². The first-order valence-electron chi connectivity index (χ1n) is 7.56. The van der Waals surface area contributed by atoms with Crippen LogP contribution in [0.4, 0.5) is 0 Å². The smallest absolute Gasteiger partial charge is 0.308 e. The first kappa shape index (κ1) is 20.3. The monoisotopic (exact) mass is 316 g/mol. The Morgan fingerprint density at radius 3 is 2.05 bits per heavy atom. The Morgan fingerprint density at radius 2 is 1.71 bits per heavy atom. The first-order chi connectivity index (χ1) is 9.35. The Hall–Kier alpha value is -0.653. The Morgan fingerprint density at radius 1 is 1.24 bits per heavy atom. The third kappa shape index (κ3) is 5.56. The fourth-order valence-corrected chi connectivity index (χ4v) is 3.34. The largest absolute Gasteiger partial charge is 0.481 e. The van der Waals surface area contributed by atoms with E-state index in [1.165, 1.54) is 0 Å². The molecular weight excluding hydrogens is 284 g/mol. The quantitative estimate of drug-likeness (QED) is 0.555. The maximum absolute atomic E-state index is 11.4. The van der Waals surface area contributed by atoms with Gasteiger partial charge in [-0.25, -0.2) is 0 Å². The standard InChI is InChI=1S/C16H32O4Si/c1-9-10-13(17)11(2)14(12(3)15(18)19)20-21(7,8)16(4,5)6/h9-14,17H,1-8H3,(H,18,19)/t11-,12+,13+,14-/m0/s1. The van der Waals surface area contributed by atoms with Gasteiger partial charge in [0.15, 0.2) is 8.32 Å². The molecule has 2 N–H and O–H groups in total. The van der Waals surface area contributed by atoms with E-state index in [9.17, 15) is 15.0 Å². The van der Waals surface area contributed by atoms with Gasteiger partial charge in [-0.05, 0) is 32.0 Å². The van der Waals surface area contributed by atoms with Crippen molar-refractivity contribution in [2.45, 2.75) is 71.9 Å². The number of aliphatic carboxylic acids is 1. The highest BCUT2D eigenvalue weighted by atomic mass is 28.4. The van der Waals surface area contributed by atoms with Gasteiger partial charge < -0.3 is 14.6 Å². The molecule has 5 heteroatoms. The summed E-state index contributed by atoms with van der Waals surface area (Å²) in [5, 5.41) is 19.5. The topological polar surface area (TPSA) is 66.8 Å². The zero-order chi connectivity index (χ0) is 17.0. The van der Waals surface area contributed by atoms with Crippen LogP contribution in [0.15, 0.2) is 12.2 Å². The molecule has 21 heavy (non-hydrogen) atoms. The molecule has 124 valence electrons. The molecule has 4 nitrogen and oxygen atoms in total. The normalized spacial score (nSPS) is 19.3. The number of aliphatic hydroxyl groups excluding tert-OH is 1. The highest BCUT2D eigenvalue weighted by molar-refractivity contribution is 6.74. The lowest BCUT2D eigenvalue weighted by Crippen LogP contribution is -2.50. The van der Waals surface area contributed by atoms with E-state index in [0.29, 0.717) is 0 Å². The number of carbonyl (C=O) groups is 1. The molecule has 0 aromatic rings. The molecule has 0 fully saturated rings. The van der Waals surface area contributed by atoms with Gasteiger partial charge >= 0.3 is 5.97 Å². The number of carboxylic acids is 1. The second kappa shape index (κ2) is 7.56. The highest BCUT2D eigenvalue weighted by Crippen LogP contribution is 2.39. The zero-order valence-electron chi connectivity index (χ0n) is 14.7. The van der Waals surface area contributed by atoms with Crippen LogP contribution in [0.2, 0.25) is 18.1 Å². The molecule has 0 heterocycles. The molecule has 0 aliphatic carbocycles. The lowest BCUT2D eigenvalue weighted by molar-refractivity contribution is -0.146. The van der Waals surface area contributed by atoms with Gasteiger partial charge in [-0.2, -0.15) is 0 Å². The predicted octanol–water partition coefficient (Wildman–Crippen LogP) is 3.67. The molecule has 0 saturated heterocycles. The number of hydrogen-bond acceptors (Lipinski definition) is 3. The number of carboxylic acid groups (broad SMARTS) is 1. The van der Waals surface area contributed by atoms with Crippen molar-refractivity contribution in [2.75, 3.05) is 0 Å². The maximum atomic E-state index is 11.4. The SMILES string of the molecule is CC=C[C@@H](O)[C@H](C)[C@H](O[Si](C)(C)C(C)(C)C)[C@@H](C)C(=O)O. The molecule has 0 amide bonds. The van der Waals surface area contributed by atoms with E-state index in [1.807, 2.05) is 13.8 Å². The number of rotatable bonds is 7. The van der Waals surface area contributed by atoms with Crippen LogP contribution >= 0.6 is 0 Å². The molecular formula is C16H32O4Si. The van der Waals surface area contributed by atoms with E-state index in [4.69, 9.17) is 4.43 Å². The van der Waals surface area contributed by atoms with Crippen LogP contribution in [-0.4, -0.2) is 36.7 Å². The van der Waals surface area contributed by atoms with Crippen LogP contribution in [-0.2, 0) is 9.22 Å². The Kier molecular flexibility index (Phi) is 7.33. The van der Waals surface area contributed by atoms with E-state index in [2.05, 4.69) is 33.9 Å². The Balaban J connectivity index is 5.40. The minimum absolute atomic E-state index is 0.00522. The second-order valence-corrected chi connectivity index (χ2v) is 12.1. The average Bonchev–Trinajstić information content (AvgIpc) is 2.33. The molecule has 0 aromatic carbocycles. The average molecular weight is 317 g/mol. The van der Waals surface area contributed by atoms with Crippen molar-refractivity contribution in [3.8, 4) is 0 Å². The van der Waals surface area contributed by atoms with E-state index < -0.39 is 32.4 Å². The molecule has 0 rings (SSSR count). The molecule has 0 aromatic heterocycles. The van der Waals surface area contributed by atoms with Gasteiger partial charge in [0.05, 0.1) is 18.1 Å². The van der Waals surface area contributed by atoms with Gasteiger partial charge in [-0.1, -0.05) is 39.8 Å². The van der Waals surface area contributed by atoms with Crippen molar-refractivity contribution in [1.82, 2.24) is 0 Å². The number of allylic oxidation sites excluding steroid dienone is 1. The summed E-state index contributed by atoms with van der Waals surface area (Å²) in [5.74, 6) is -1.83. The minimum atomic E-state index is -2.11. The zero-order valence-corrected chi connectivity index (χ0v) is 15.7. The first-order valence-corrected chi connectivity index (χ1v) is 10.5. The Bertz CT molecular complexity index is 371. The lowest BCUT2D eigenvalue weighted by atomic mass is 9.89. The van der Waals surface area contributed by atoms with E-state index in [0.717, 1.165) is 0 Å². The highest BCUT2D eigenvalue weighted by Gasteiger charge is 2.43. The van der Waals surface area contributed by atoms with Crippen molar-refractivity contribution >= 4 is 14.3 Å². The van der Waals surface area contributed by atoms with Crippen LogP contribution in [0, 0.1) is 11.8 Å². The molecule has 0 spiro atoms. The van der Waals surface area contributed by atoms with Crippen molar-refractivity contribution in [1.29, 1.82) is 0 Å². The van der Waals surface area contributed by atoms with Crippen LogP contribution in [0.1, 0.15) is 41.5 Å². The number of aliphatic hydroxyl groups is 1. The van der Waals surface area contributed by atoms with Gasteiger partial charge in [0.1, 0.15) is 0 Å². The fourth-order valence-electron chi connectivity index (χ4n) is 1.89. The molecule has 0 unspecified atom stereocenters. The van der Waals surface area contributed by atoms with Gasteiger partial charge in [0, 0.05) is 5.92 Å². The van der Waals surface area contributed by atoms with Gasteiger partial charge in [-0.15, -0.1) is 0 Å². The fraction of sp³-hybridized carbons (Fsp3) is 0.812. The molecule has 4 atom stereocenters. The lowest BCUT2D eigenvalue weighted by Gasteiger charge is -2.42. The summed E-state index contributed by atoms with van der Waals surface area (Å²) in [5.41, 5.74) is 0. The summed E-state index contributed by atoms with van der Waals surface area (Å²) in [6, 6.07) is 0. The summed E-state index contributed by atoms with van der Waals surface area (Å²) in [6.45, 7) is 15.9. The predicted molar refractivity (Wildman–Crippen MR) is 88.9 cm³/mol. The molecule has 0 saturated carbocycles. The summed E-state index contributed by atoms with van der Waals surface area (Å²) in [4.78, 5) is 11.4. The van der Waals surface area contributed by atoms with Crippen LogP contribution in [0.3, 0.4) is 0 Å². The Labute approximate surface area is 130 Å². The summed E-state index contributed by atoms with van der Waals surface area (Å²) in [7, 11) is -2.11. The van der Waals surface area contributed by atoms with Crippen molar-refractivity contribution in [2.24, 2.45) is 11.8 Å². The van der Waals surface area contributed by atoms with Gasteiger partial charge in [-0.3, -0.25) is 4.79 Å².